The molecule has 1 aliphatic heterocycles. The monoisotopic (exact) mass is 436 g/mol. The number of nitriles is 1. The topological polar surface area (TPSA) is 125 Å². The number of nitrogens with two attached hydrogens (primary N) is 1. The summed E-state index contributed by atoms with van der Waals surface area (Å²) in [5, 5.41) is 12.0. The molecule has 32 heavy (non-hydrogen) atoms. The van der Waals surface area contributed by atoms with E-state index in [1.807, 2.05) is 25.1 Å². The molecule has 0 bridgehead atoms. The number of hydrogen-bond donors (Lipinski definition) is 2. The Morgan fingerprint density at radius 2 is 2.19 bits per heavy atom. The second-order valence-electron chi connectivity index (χ2n) is 7.70. The van der Waals surface area contributed by atoms with Crippen molar-refractivity contribution in [2.75, 3.05) is 36.0 Å². The number of amides is 2. The fourth-order valence-corrected chi connectivity index (χ4v) is 3.87. The Bertz CT molecular complexity index is 991. The third-order valence-corrected chi connectivity index (χ3v) is 5.40. The second kappa shape index (κ2) is 10.7. The molecular formula is C23H28N6O3. The number of fused-ring (bicyclic) bond motifs is 1. The highest BCUT2D eigenvalue weighted by Crippen LogP contribution is 2.38. The first-order valence-electron chi connectivity index (χ1n) is 10.6. The van der Waals surface area contributed by atoms with Gasteiger partial charge in [-0.25, -0.2) is 4.79 Å². The zero-order valence-electron chi connectivity index (χ0n) is 18.3. The van der Waals surface area contributed by atoms with Crippen LogP contribution in [0.1, 0.15) is 31.7 Å². The van der Waals surface area contributed by atoms with E-state index in [-0.39, 0.29) is 17.9 Å². The number of aromatic nitrogens is 1. The minimum absolute atomic E-state index is 0.0136. The maximum absolute atomic E-state index is 13.1. The lowest BCUT2D eigenvalue weighted by Gasteiger charge is -2.40. The van der Waals surface area contributed by atoms with Gasteiger partial charge in [0.05, 0.1) is 29.7 Å². The molecule has 0 radical (unpaired) electrons. The molecule has 9 heteroatoms. The van der Waals surface area contributed by atoms with Gasteiger partial charge < -0.3 is 20.7 Å². The van der Waals surface area contributed by atoms with Gasteiger partial charge in [-0.3, -0.25) is 14.7 Å². The van der Waals surface area contributed by atoms with Crippen LogP contribution in [0.4, 0.5) is 16.2 Å². The highest BCUT2D eigenvalue weighted by Gasteiger charge is 2.35. The van der Waals surface area contributed by atoms with E-state index < -0.39 is 6.09 Å². The fourth-order valence-electron chi connectivity index (χ4n) is 3.87. The smallest absolute Gasteiger partial charge is 0.408 e. The van der Waals surface area contributed by atoms with Crippen molar-refractivity contribution in [1.29, 1.82) is 5.26 Å². The predicted molar refractivity (Wildman–Crippen MR) is 122 cm³/mol. The molecule has 2 aromatic rings. The maximum atomic E-state index is 13.1. The minimum atomic E-state index is -0.539. The van der Waals surface area contributed by atoms with Crippen molar-refractivity contribution in [3.63, 3.8) is 0 Å². The van der Waals surface area contributed by atoms with Crippen molar-refractivity contribution >= 4 is 23.4 Å². The highest BCUT2D eigenvalue weighted by atomic mass is 16.6. The Morgan fingerprint density at radius 1 is 1.38 bits per heavy atom. The molecule has 3 rings (SSSR count). The molecular weight excluding hydrogens is 408 g/mol. The Morgan fingerprint density at radius 3 is 2.84 bits per heavy atom. The van der Waals surface area contributed by atoms with Crippen molar-refractivity contribution < 1.29 is 14.3 Å². The first-order valence-corrected chi connectivity index (χ1v) is 10.6. The van der Waals surface area contributed by atoms with E-state index in [4.69, 9.17) is 15.7 Å². The third-order valence-electron chi connectivity index (χ3n) is 5.40. The van der Waals surface area contributed by atoms with Gasteiger partial charge in [-0.15, -0.1) is 0 Å². The summed E-state index contributed by atoms with van der Waals surface area (Å²) in [4.78, 5) is 32.6. The molecule has 1 unspecified atom stereocenters. The highest BCUT2D eigenvalue weighted by molar-refractivity contribution is 6.02. The molecule has 1 aromatic heterocycles. The first kappa shape index (κ1) is 23.2. The predicted octanol–water partition coefficient (Wildman–Crippen LogP) is 2.39. The molecule has 0 saturated heterocycles. The van der Waals surface area contributed by atoms with Crippen molar-refractivity contribution in [3.8, 4) is 11.8 Å². The molecule has 2 heterocycles. The lowest BCUT2D eigenvalue weighted by atomic mass is 9.96. The molecule has 3 N–H and O–H groups in total. The van der Waals surface area contributed by atoms with E-state index in [0.29, 0.717) is 49.7 Å². The van der Waals surface area contributed by atoms with Gasteiger partial charge >= 0.3 is 6.09 Å². The molecule has 1 aliphatic rings. The summed E-state index contributed by atoms with van der Waals surface area (Å²) in [6.45, 7) is 5.28. The Hall–Kier alpha value is -3.48. The van der Waals surface area contributed by atoms with E-state index in [2.05, 4.69) is 16.4 Å². The lowest BCUT2D eigenvalue weighted by molar-refractivity contribution is -0.117. The van der Waals surface area contributed by atoms with Crippen LogP contribution in [-0.2, 0) is 4.79 Å². The summed E-state index contributed by atoms with van der Waals surface area (Å²) < 4.78 is 5.53. The van der Waals surface area contributed by atoms with Crippen LogP contribution in [0.2, 0.25) is 0 Å². The molecule has 0 saturated carbocycles. The van der Waals surface area contributed by atoms with Crippen LogP contribution in [0.15, 0.2) is 42.7 Å². The number of nitrogens with zero attached hydrogens (tertiary/aromatic N) is 4. The van der Waals surface area contributed by atoms with E-state index >= 15 is 0 Å². The van der Waals surface area contributed by atoms with Gasteiger partial charge in [0.1, 0.15) is 0 Å². The normalized spacial score (nSPS) is 16.1. The number of ether oxygens (including phenoxy) is 1. The first-order chi connectivity index (χ1) is 15.5. The molecule has 1 aromatic carbocycles. The minimum Gasteiger partial charge on any atom is -0.408 e. The summed E-state index contributed by atoms with van der Waals surface area (Å²) in [7, 11) is 0. The van der Waals surface area contributed by atoms with Gasteiger partial charge in [0.25, 0.3) is 0 Å². The largest absolute Gasteiger partial charge is 0.419 e. The Kier molecular flexibility index (Phi) is 7.76. The van der Waals surface area contributed by atoms with Crippen molar-refractivity contribution in [2.45, 2.75) is 32.2 Å². The summed E-state index contributed by atoms with van der Waals surface area (Å²) in [5.41, 5.74) is 8.19. The summed E-state index contributed by atoms with van der Waals surface area (Å²) in [5.74, 6) is 0.235. The van der Waals surface area contributed by atoms with Crippen molar-refractivity contribution in [3.05, 3.63) is 48.3 Å². The molecule has 0 spiro atoms. The van der Waals surface area contributed by atoms with Crippen molar-refractivity contribution in [2.24, 2.45) is 5.73 Å². The SMILES string of the molecule is CC(=O)N1c2ccc(C(CN)CNCCC#N)cc2N(C(=O)Oc2cccnc2)C[C@@H]1C. The van der Waals surface area contributed by atoms with Crippen LogP contribution in [0.25, 0.3) is 0 Å². The number of hydrogen-bond acceptors (Lipinski definition) is 7. The van der Waals surface area contributed by atoms with Crippen LogP contribution in [0, 0.1) is 11.3 Å². The number of nitrogens with one attached hydrogen (secondary N) is 1. The van der Waals surface area contributed by atoms with Gasteiger partial charge in [0.15, 0.2) is 5.75 Å². The number of pyridine rings is 1. The summed E-state index contributed by atoms with van der Waals surface area (Å²) in [6.07, 6.45) is 2.95. The summed E-state index contributed by atoms with van der Waals surface area (Å²) >= 11 is 0. The summed E-state index contributed by atoms with van der Waals surface area (Å²) in [6, 6.07) is 10.9. The average Bonchev–Trinajstić information content (AvgIpc) is 2.78. The van der Waals surface area contributed by atoms with Gasteiger partial charge in [0.2, 0.25) is 5.91 Å². The van der Waals surface area contributed by atoms with Gasteiger partial charge in [0, 0.05) is 51.6 Å². The zero-order chi connectivity index (χ0) is 23.1. The number of anilines is 2. The third kappa shape index (κ3) is 5.22. The molecule has 9 nitrogen and oxygen atoms in total. The fraction of sp³-hybridized carbons (Fsp3) is 0.391. The molecule has 0 aliphatic carbocycles. The van der Waals surface area contributed by atoms with Gasteiger partial charge in [-0.1, -0.05) is 6.07 Å². The Labute approximate surface area is 187 Å². The van der Waals surface area contributed by atoms with E-state index in [0.717, 1.165) is 5.56 Å². The Balaban J connectivity index is 1.93. The van der Waals surface area contributed by atoms with Crippen molar-refractivity contribution in [1.82, 2.24) is 10.3 Å². The number of benzene rings is 1. The second-order valence-corrected chi connectivity index (χ2v) is 7.70. The molecule has 2 atom stereocenters. The zero-order valence-corrected chi connectivity index (χ0v) is 18.3. The quantitative estimate of drug-likeness (QED) is 0.639. The molecule has 2 amide bonds. The standard InChI is InChI=1S/C23H28N6O3/c1-16-15-28(23(31)32-20-5-3-9-27-14-20)22-11-18(6-7-21(22)29(16)17(2)30)19(12-25)13-26-10-4-8-24/h3,5-7,9,11,14,16,19,26H,4,10,12-13,15,25H2,1-2H3/t16-,19?/m0/s1. The van der Waals surface area contributed by atoms with Gasteiger partial charge in [-0.05, 0) is 36.8 Å². The number of rotatable bonds is 7. The van der Waals surface area contributed by atoms with E-state index in [1.54, 1.807) is 28.1 Å². The van der Waals surface area contributed by atoms with Crippen LogP contribution in [0.3, 0.4) is 0 Å². The van der Waals surface area contributed by atoms with Crippen LogP contribution in [0.5, 0.6) is 5.75 Å². The number of carbonyl (C=O) groups excluding carboxylic acids is 2. The number of carbonyl (C=O) groups is 2. The van der Waals surface area contributed by atoms with Gasteiger partial charge in [-0.2, -0.15) is 5.26 Å². The van der Waals surface area contributed by atoms with Crippen LogP contribution in [-0.4, -0.2) is 49.2 Å². The lowest BCUT2D eigenvalue weighted by Crippen LogP contribution is -2.52. The van der Waals surface area contributed by atoms with E-state index in [9.17, 15) is 9.59 Å². The van der Waals surface area contributed by atoms with Crippen LogP contribution >= 0.6 is 0 Å². The maximum Gasteiger partial charge on any atom is 0.419 e. The molecule has 0 fully saturated rings. The van der Waals surface area contributed by atoms with Crippen LogP contribution < -0.4 is 25.6 Å². The average molecular weight is 437 g/mol. The molecule has 168 valence electrons. The van der Waals surface area contributed by atoms with E-state index in [1.165, 1.54) is 13.1 Å².